The number of para-hydroxylation sites is 1. The van der Waals surface area contributed by atoms with Crippen molar-refractivity contribution in [3.05, 3.63) is 42.1 Å². The van der Waals surface area contributed by atoms with Crippen LogP contribution in [0.4, 0.5) is 11.8 Å². The van der Waals surface area contributed by atoms with E-state index in [2.05, 4.69) is 15.3 Å². The van der Waals surface area contributed by atoms with Crippen LogP contribution in [0.1, 0.15) is 18.9 Å². The zero-order valence-corrected chi connectivity index (χ0v) is 16.6. The fourth-order valence-electron chi connectivity index (χ4n) is 3.40. The second-order valence-corrected chi connectivity index (χ2v) is 8.80. The van der Waals surface area contributed by atoms with E-state index >= 15 is 0 Å². The standard InChI is InChI=1S/C19H26N4O3S/c1-3-23(16-10-13-27(24,25)14-16)19-21-12-9-18(22-19)20-11-8-15-6-4-5-7-17(15)26-2/h4-7,9,12,16H,3,8,10-11,13-14H2,1-2H3,(H,20,21,22). The van der Waals surface area contributed by atoms with Gasteiger partial charge in [0.15, 0.2) is 9.84 Å². The molecule has 8 heteroatoms. The molecular weight excluding hydrogens is 364 g/mol. The van der Waals surface area contributed by atoms with Crippen LogP contribution in [-0.2, 0) is 16.3 Å². The summed E-state index contributed by atoms with van der Waals surface area (Å²) >= 11 is 0. The van der Waals surface area contributed by atoms with Gasteiger partial charge in [0.1, 0.15) is 11.6 Å². The van der Waals surface area contributed by atoms with Crippen molar-refractivity contribution in [3.8, 4) is 5.75 Å². The first kappa shape index (κ1) is 19.4. The normalized spacial score (nSPS) is 18.2. The van der Waals surface area contributed by atoms with Crippen LogP contribution in [0, 0.1) is 0 Å². The zero-order valence-electron chi connectivity index (χ0n) is 15.8. The topological polar surface area (TPSA) is 84.4 Å². The van der Waals surface area contributed by atoms with Gasteiger partial charge in [-0.2, -0.15) is 4.98 Å². The van der Waals surface area contributed by atoms with E-state index in [9.17, 15) is 8.42 Å². The van der Waals surface area contributed by atoms with Crippen molar-refractivity contribution >= 4 is 21.6 Å². The van der Waals surface area contributed by atoms with Crippen LogP contribution in [0.3, 0.4) is 0 Å². The maximum atomic E-state index is 11.8. The molecule has 1 atom stereocenters. The molecule has 1 aliphatic rings. The van der Waals surface area contributed by atoms with Gasteiger partial charge in [-0.25, -0.2) is 13.4 Å². The fraction of sp³-hybridized carbons (Fsp3) is 0.474. The number of aromatic nitrogens is 2. The molecule has 7 nitrogen and oxygen atoms in total. The monoisotopic (exact) mass is 390 g/mol. The number of rotatable bonds is 8. The number of ether oxygens (including phenoxy) is 1. The largest absolute Gasteiger partial charge is 0.496 e. The van der Waals surface area contributed by atoms with Crippen molar-refractivity contribution in [3.63, 3.8) is 0 Å². The van der Waals surface area contributed by atoms with Gasteiger partial charge in [0.2, 0.25) is 5.95 Å². The van der Waals surface area contributed by atoms with Crippen molar-refractivity contribution < 1.29 is 13.2 Å². The van der Waals surface area contributed by atoms with Gasteiger partial charge in [-0.15, -0.1) is 0 Å². The lowest BCUT2D eigenvalue weighted by Crippen LogP contribution is -2.37. The SMILES string of the molecule is CCN(c1nccc(NCCc2ccccc2OC)n1)C1CCS(=O)(=O)C1. The Morgan fingerprint density at radius 2 is 2.11 bits per heavy atom. The van der Waals surface area contributed by atoms with Crippen LogP contribution in [0.2, 0.25) is 0 Å². The van der Waals surface area contributed by atoms with Gasteiger partial charge in [-0.1, -0.05) is 18.2 Å². The molecule has 0 bridgehead atoms. The number of methoxy groups -OCH3 is 1. The molecule has 3 rings (SSSR count). The molecule has 146 valence electrons. The zero-order chi connectivity index (χ0) is 19.3. The molecule has 0 aliphatic carbocycles. The first-order valence-corrected chi connectivity index (χ1v) is 11.0. The third kappa shape index (κ3) is 4.88. The van der Waals surface area contributed by atoms with Gasteiger partial charge in [0.05, 0.1) is 18.6 Å². The lowest BCUT2D eigenvalue weighted by atomic mass is 10.1. The number of benzene rings is 1. The Balaban J connectivity index is 1.64. The molecule has 1 unspecified atom stereocenters. The van der Waals surface area contributed by atoms with E-state index in [4.69, 9.17) is 4.74 Å². The molecule has 1 N–H and O–H groups in total. The summed E-state index contributed by atoms with van der Waals surface area (Å²) in [6.07, 6.45) is 3.15. The van der Waals surface area contributed by atoms with E-state index < -0.39 is 9.84 Å². The fourth-order valence-corrected chi connectivity index (χ4v) is 5.13. The Labute approximate surface area is 160 Å². The lowest BCUT2D eigenvalue weighted by Gasteiger charge is -2.26. The van der Waals surface area contributed by atoms with E-state index in [0.29, 0.717) is 25.5 Å². The minimum Gasteiger partial charge on any atom is -0.496 e. The van der Waals surface area contributed by atoms with Gasteiger partial charge in [-0.3, -0.25) is 0 Å². The molecule has 0 radical (unpaired) electrons. The molecule has 1 aromatic heterocycles. The van der Waals surface area contributed by atoms with Gasteiger partial charge in [-0.05, 0) is 37.5 Å². The van der Waals surface area contributed by atoms with Crippen molar-refractivity contribution in [2.24, 2.45) is 0 Å². The Morgan fingerprint density at radius 3 is 2.81 bits per heavy atom. The molecule has 1 fully saturated rings. The highest BCUT2D eigenvalue weighted by molar-refractivity contribution is 7.91. The molecule has 0 spiro atoms. The minimum atomic E-state index is -2.94. The first-order valence-electron chi connectivity index (χ1n) is 9.18. The molecule has 2 heterocycles. The van der Waals surface area contributed by atoms with Gasteiger partial charge >= 0.3 is 0 Å². The van der Waals surface area contributed by atoms with Crippen molar-refractivity contribution in [2.45, 2.75) is 25.8 Å². The van der Waals surface area contributed by atoms with Gasteiger partial charge in [0.25, 0.3) is 0 Å². The van der Waals surface area contributed by atoms with Crippen LogP contribution < -0.4 is 15.0 Å². The molecule has 1 aromatic carbocycles. The van der Waals surface area contributed by atoms with Gasteiger partial charge in [0, 0.05) is 25.3 Å². The van der Waals surface area contributed by atoms with Crippen molar-refractivity contribution in [2.75, 3.05) is 41.9 Å². The summed E-state index contributed by atoms with van der Waals surface area (Å²) in [6.45, 7) is 3.38. The van der Waals surface area contributed by atoms with Crippen LogP contribution in [-0.4, -0.2) is 56.1 Å². The van der Waals surface area contributed by atoms with Crippen LogP contribution >= 0.6 is 0 Å². The van der Waals surface area contributed by atoms with E-state index in [1.165, 1.54) is 0 Å². The summed E-state index contributed by atoms with van der Waals surface area (Å²) in [5, 5.41) is 3.32. The Hall–Kier alpha value is -2.35. The second kappa shape index (κ2) is 8.56. The highest BCUT2D eigenvalue weighted by Crippen LogP contribution is 2.22. The maximum Gasteiger partial charge on any atom is 0.227 e. The molecule has 1 aliphatic heterocycles. The Kier molecular flexibility index (Phi) is 6.15. The van der Waals surface area contributed by atoms with E-state index in [-0.39, 0.29) is 17.5 Å². The minimum absolute atomic E-state index is 0.0520. The van der Waals surface area contributed by atoms with E-state index in [0.717, 1.165) is 23.6 Å². The molecule has 1 saturated heterocycles. The summed E-state index contributed by atoms with van der Waals surface area (Å²) in [5.41, 5.74) is 1.13. The maximum absolute atomic E-state index is 11.8. The Bertz CT molecular complexity index is 873. The summed E-state index contributed by atoms with van der Waals surface area (Å²) in [6, 6.07) is 9.72. The van der Waals surface area contributed by atoms with Gasteiger partial charge < -0.3 is 15.0 Å². The lowest BCUT2D eigenvalue weighted by molar-refractivity contribution is 0.410. The predicted octanol–water partition coefficient (Wildman–Crippen LogP) is 2.15. The number of sulfone groups is 1. The Morgan fingerprint density at radius 1 is 1.30 bits per heavy atom. The average Bonchev–Trinajstić information content (AvgIpc) is 3.02. The molecule has 2 aromatic rings. The smallest absolute Gasteiger partial charge is 0.227 e. The molecule has 0 saturated carbocycles. The van der Waals surface area contributed by atoms with Crippen LogP contribution in [0.25, 0.3) is 0 Å². The number of nitrogens with zero attached hydrogens (tertiary/aromatic N) is 3. The highest BCUT2D eigenvalue weighted by atomic mass is 32.2. The number of hydrogen-bond donors (Lipinski definition) is 1. The highest BCUT2D eigenvalue weighted by Gasteiger charge is 2.32. The summed E-state index contributed by atoms with van der Waals surface area (Å²) < 4.78 is 29.0. The first-order chi connectivity index (χ1) is 13.0. The van der Waals surface area contributed by atoms with Crippen LogP contribution in [0.5, 0.6) is 5.75 Å². The van der Waals surface area contributed by atoms with E-state index in [1.54, 1.807) is 13.3 Å². The third-order valence-electron chi connectivity index (χ3n) is 4.78. The quantitative estimate of drug-likeness (QED) is 0.739. The summed E-state index contributed by atoms with van der Waals surface area (Å²) in [7, 11) is -1.27. The van der Waals surface area contributed by atoms with Crippen molar-refractivity contribution in [1.82, 2.24) is 9.97 Å². The summed E-state index contributed by atoms with van der Waals surface area (Å²) in [5.74, 6) is 2.60. The van der Waals surface area contributed by atoms with Crippen LogP contribution in [0.15, 0.2) is 36.5 Å². The second-order valence-electron chi connectivity index (χ2n) is 6.57. The summed E-state index contributed by atoms with van der Waals surface area (Å²) in [4.78, 5) is 10.9. The number of anilines is 2. The van der Waals surface area contributed by atoms with Crippen molar-refractivity contribution in [1.29, 1.82) is 0 Å². The number of hydrogen-bond acceptors (Lipinski definition) is 7. The van der Waals surface area contributed by atoms with E-state index in [1.807, 2.05) is 42.2 Å². The molecule has 27 heavy (non-hydrogen) atoms. The predicted molar refractivity (Wildman–Crippen MR) is 107 cm³/mol. The number of nitrogens with one attached hydrogen (secondary N) is 1. The molecular formula is C19H26N4O3S. The molecule has 0 amide bonds. The average molecular weight is 391 g/mol. The third-order valence-corrected chi connectivity index (χ3v) is 6.53.